The lowest BCUT2D eigenvalue weighted by molar-refractivity contribution is -0.137. The van der Waals surface area contributed by atoms with Crippen molar-refractivity contribution in [3.63, 3.8) is 0 Å². The second-order valence-electron chi connectivity index (χ2n) is 19.3. The van der Waals surface area contributed by atoms with Gasteiger partial charge in [-0.05, 0) is 99.7 Å². The molecule has 3 fully saturated rings. The lowest BCUT2D eigenvalue weighted by Crippen LogP contribution is -2.52. The summed E-state index contributed by atoms with van der Waals surface area (Å²) in [6.07, 6.45) is 4.46. The van der Waals surface area contributed by atoms with Gasteiger partial charge in [0, 0.05) is 111 Å². The number of fused-ring (bicyclic) bond motifs is 3. The van der Waals surface area contributed by atoms with Crippen molar-refractivity contribution in [1.82, 2.24) is 34.4 Å². The molecule has 18 heteroatoms. The van der Waals surface area contributed by atoms with Gasteiger partial charge in [0.25, 0.3) is 11.8 Å². The molecule has 0 spiro atoms. The smallest absolute Gasteiger partial charge is 0.352 e. The predicted octanol–water partition coefficient (Wildman–Crippen LogP) is 7.29. The summed E-state index contributed by atoms with van der Waals surface area (Å²) in [5, 5.41) is 20.9. The number of hydrogen-bond acceptors (Lipinski definition) is 10. The van der Waals surface area contributed by atoms with Crippen LogP contribution in [-0.2, 0) is 40.9 Å². The lowest BCUT2D eigenvalue weighted by Gasteiger charge is -2.35. The van der Waals surface area contributed by atoms with Gasteiger partial charge < -0.3 is 33.8 Å². The average Bonchev–Trinajstić information content (AvgIpc) is 3.97. The number of hydrogen-bond donors (Lipinski definition) is 2. The van der Waals surface area contributed by atoms with Crippen molar-refractivity contribution in [2.75, 3.05) is 63.9 Å². The van der Waals surface area contributed by atoms with Crippen LogP contribution in [0.4, 0.5) is 10.1 Å². The fourth-order valence-corrected chi connectivity index (χ4v) is 11.4. The number of aryl methyl sites for hydroxylation is 3. The molecule has 4 amide bonds. The maximum Gasteiger partial charge on any atom is 0.352 e. The van der Waals surface area contributed by atoms with Crippen LogP contribution in [0.15, 0.2) is 60.7 Å². The molecule has 4 aliphatic rings. The summed E-state index contributed by atoms with van der Waals surface area (Å²) in [5.41, 5.74) is 6.70. The Labute approximate surface area is 421 Å². The molecular formula is C54H58ClFN8O8. The van der Waals surface area contributed by atoms with Crippen LogP contribution in [0, 0.1) is 19.7 Å². The van der Waals surface area contributed by atoms with Crippen molar-refractivity contribution in [1.29, 1.82) is 0 Å². The van der Waals surface area contributed by atoms with Crippen LogP contribution in [0.25, 0.3) is 32.8 Å². The number of aromatic nitrogens is 3. The van der Waals surface area contributed by atoms with Gasteiger partial charge in [-0.15, -0.1) is 0 Å². The topological polar surface area (TPSA) is 172 Å². The molecule has 1 unspecified atom stereocenters. The van der Waals surface area contributed by atoms with E-state index in [0.29, 0.717) is 91.9 Å². The van der Waals surface area contributed by atoms with Crippen molar-refractivity contribution in [3.05, 3.63) is 105 Å². The maximum absolute atomic E-state index is 14.0. The van der Waals surface area contributed by atoms with Gasteiger partial charge in [0.1, 0.15) is 29.1 Å². The van der Waals surface area contributed by atoms with E-state index in [4.69, 9.17) is 21.1 Å². The summed E-state index contributed by atoms with van der Waals surface area (Å²) in [7, 11) is 1.87. The van der Waals surface area contributed by atoms with Crippen molar-refractivity contribution in [2.45, 2.75) is 77.9 Å². The molecule has 2 N–H and O–H groups in total. The number of ether oxygens (including phenoxy) is 2. The Morgan fingerprint density at radius 2 is 1.67 bits per heavy atom. The van der Waals surface area contributed by atoms with Gasteiger partial charge in [-0.25, -0.2) is 9.18 Å². The summed E-state index contributed by atoms with van der Waals surface area (Å²) < 4.78 is 30.2. The molecule has 376 valence electrons. The summed E-state index contributed by atoms with van der Waals surface area (Å²) >= 11 is 7.10. The van der Waals surface area contributed by atoms with E-state index >= 15 is 0 Å². The number of nitrogens with one attached hydrogen (secondary N) is 1. The van der Waals surface area contributed by atoms with Crippen LogP contribution in [-0.4, -0.2) is 129 Å². The Morgan fingerprint density at radius 1 is 0.889 bits per heavy atom. The first-order valence-corrected chi connectivity index (χ1v) is 25.2. The molecule has 72 heavy (non-hydrogen) atoms. The minimum atomic E-state index is -1.06. The number of amides is 4. The van der Waals surface area contributed by atoms with E-state index < -0.39 is 17.9 Å². The number of carboxylic acid groups (broad SMARTS) is 1. The minimum Gasteiger partial charge on any atom is -0.493 e. The molecule has 6 heterocycles. The predicted molar refractivity (Wildman–Crippen MR) is 270 cm³/mol. The van der Waals surface area contributed by atoms with Crippen LogP contribution >= 0.6 is 11.6 Å². The molecule has 0 aliphatic carbocycles. The Bertz CT molecular complexity index is 3150. The van der Waals surface area contributed by atoms with Crippen LogP contribution in [0.2, 0.25) is 5.02 Å². The number of piperazine rings is 1. The highest BCUT2D eigenvalue weighted by atomic mass is 35.5. The zero-order valence-corrected chi connectivity index (χ0v) is 41.5. The molecule has 4 aromatic carbocycles. The second kappa shape index (κ2) is 20.3. The van der Waals surface area contributed by atoms with Crippen LogP contribution < -0.4 is 19.7 Å². The molecule has 16 nitrogen and oxygen atoms in total. The maximum atomic E-state index is 14.0. The SMILES string of the molecule is Cc1nn(C)c(C)c1-c1c(Cl)ccc2c(CCCOc3cccc4cc(F)ccc34)c(C(=O)O)n(CCN3CCN(C(=O)COc4cc(N5CCCCC5)cc5c4CN(C4CCC(=O)NC4=O)C5=O)CC3)c12. The standard InChI is InChI=1S/C54H58ClFN8O8/c1-32-48(33(2)59(3)58-32)49-42(55)15-14-39-38(10-8-26-71-44-11-7-9-34-27-35(56)12-13-37(34)44)51(54(69)70)63(50(39)49)25-22-60-20-23-62(24-21-60)47(66)31-72-45-29-36(61-18-5-4-6-19-61)28-40-41(45)30-64(53(40)68)43-16-17-46(65)57-52(43)67/h7,9,11-15,27-29,43H,4-6,8,10,16-26,30-31H2,1-3H3,(H,69,70)(H,57,65,67). The fourth-order valence-electron chi connectivity index (χ4n) is 11.1. The van der Waals surface area contributed by atoms with Gasteiger partial charge in [-0.2, -0.15) is 5.10 Å². The summed E-state index contributed by atoms with van der Waals surface area (Å²) in [5.74, 6) is -1.68. The molecule has 6 aromatic rings. The molecule has 0 bridgehead atoms. The highest BCUT2D eigenvalue weighted by Crippen LogP contribution is 2.43. The van der Waals surface area contributed by atoms with Crippen LogP contribution in [0.1, 0.15) is 81.9 Å². The van der Waals surface area contributed by atoms with E-state index in [1.165, 1.54) is 17.0 Å². The number of anilines is 1. The van der Waals surface area contributed by atoms with Crippen molar-refractivity contribution in [3.8, 4) is 22.6 Å². The number of carboxylic acids is 1. The quantitative estimate of drug-likeness (QED) is 0.0782. The third-order valence-corrected chi connectivity index (χ3v) is 15.2. The number of carbonyl (C=O) groups excluding carboxylic acids is 4. The molecule has 0 radical (unpaired) electrons. The van der Waals surface area contributed by atoms with Crippen molar-refractivity contribution < 1.29 is 42.9 Å². The highest BCUT2D eigenvalue weighted by molar-refractivity contribution is 6.35. The van der Waals surface area contributed by atoms with Gasteiger partial charge >= 0.3 is 5.97 Å². The second-order valence-corrected chi connectivity index (χ2v) is 19.7. The molecule has 0 saturated carbocycles. The number of aromatic carboxylic acids is 1. The highest BCUT2D eigenvalue weighted by Gasteiger charge is 2.41. The van der Waals surface area contributed by atoms with E-state index in [0.717, 1.165) is 82.2 Å². The van der Waals surface area contributed by atoms with E-state index in [1.807, 2.05) is 67.9 Å². The zero-order valence-electron chi connectivity index (χ0n) is 40.8. The van der Waals surface area contributed by atoms with Gasteiger partial charge in [0.15, 0.2) is 6.61 Å². The lowest BCUT2D eigenvalue weighted by atomic mass is 9.98. The number of rotatable bonds is 15. The van der Waals surface area contributed by atoms with Crippen LogP contribution in [0.5, 0.6) is 11.5 Å². The Morgan fingerprint density at radius 3 is 2.40 bits per heavy atom. The van der Waals surface area contributed by atoms with Gasteiger partial charge in [-0.3, -0.25) is 34.1 Å². The number of halogens is 2. The van der Waals surface area contributed by atoms with Crippen molar-refractivity contribution in [2.24, 2.45) is 7.05 Å². The number of imide groups is 1. The zero-order chi connectivity index (χ0) is 50.4. The molecule has 2 aromatic heterocycles. The minimum absolute atomic E-state index is 0.129. The van der Waals surface area contributed by atoms with Gasteiger partial charge in [0.2, 0.25) is 11.8 Å². The van der Waals surface area contributed by atoms with Crippen molar-refractivity contribution >= 4 is 68.6 Å². The first kappa shape index (κ1) is 48.6. The van der Waals surface area contributed by atoms with E-state index in [2.05, 4.69) is 20.2 Å². The van der Waals surface area contributed by atoms with E-state index in [9.17, 15) is 33.5 Å². The average molecular weight is 1000 g/mol. The monoisotopic (exact) mass is 1000 g/mol. The van der Waals surface area contributed by atoms with E-state index in [1.54, 1.807) is 15.6 Å². The largest absolute Gasteiger partial charge is 0.493 e. The van der Waals surface area contributed by atoms with Crippen LogP contribution in [0.3, 0.4) is 0 Å². The molecule has 4 aliphatic heterocycles. The fraction of sp³-hybridized carbons (Fsp3) is 0.407. The van der Waals surface area contributed by atoms with Gasteiger partial charge in [0.05, 0.1) is 34.9 Å². The van der Waals surface area contributed by atoms with Gasteiger partial charge in [-0.1, -0.05) is 29.8 Å². The summed E-state index contributed by atoms with van der Waals surface area (Å²) in [6.45, 7) is 8.51. The Hall–Kier alpha value is -6.98. The molecule has 10 rings (SSSR count). The third-order valence-electron chi connectivity index (χ3n) is 14.9. The number of carbonyl (C=O) groups is 5. The Balaban J connectivity index is 0.849. The third kappa shape index (κ3) is 9.35. The Kier molecular flexibility index (Phi) is 13.7. The summed E-state index contributed by atoms with van der Waals surface area (Å²) in [6, 6.07) is 16.8. The first-order chi connectivity index (χ1) is 34.7. The molecule has 3 saturated heterocycles. The molecular weight excluding hydrogens is 943 g/mol. The first-order valence-electron chi connectivity index (χ1n) is 24.8. The molecule has 1 atom stereocenters. The number of piperidine rings is 2. The van der Waals surface area contributed by atoms with E-state index in [-0.39, 0.29) is 55.2 Å². The number of nitrogens with zero attached hydrogens (tertiary/aromatic N) is 7. The summed E-state index contributed by atoms with van der Waals surface area (Å²) in [4.78, 5) is 73.8. The number of benzene rings is 4. The normalized spacial score (nSPS) is 17.5.